The average Bonchev–Trinajstić information content (AvgIpc) is 2.82. The number of imide groups is 1. The van der Waals surface area contributed by atoms with Gasteiger partial charge >= 0.3 is 12.4 Å². The first kappa shape index (κ1) is 13.8. The minimum Gasteiger partial charge on any atom is -0.336 e. The predicted octanol–water partition coefficient (Wildman–Crippen LogP) is 0.676. The Balaban J connectivity index is 1.97. The van der Waals surface area contributed by atoms with Gasteiger partial charge in [-0.3, -0.25) is 14.5 Å². The van der Waals surface area contributed by atoms with Crippen LogP contribution in [-0.4, -0.2) is 41.9 Å². The Morgan fingerprint density at radius 1 is 1.16 bits per heavy atom. The van der Waals surface area contributed by atoms with Gasteiger partial charge < -0.3 is 10.6 Å². The molecular weight excluding hydrogens is 246 g/mol. The predicted molar refractivity (Wildman–Crippen MR) is 69.0 cm³/mol. The number of amides is 4. The van der Waals surface area contributed by atoms with Crippen LogP contribution in [0.3, 0.4) is 0 Å². The average molecular weight is 266 g/mol. The summed E-state index contributed by atoms with van der Waals surface area (Å²) in [6.45, 7) is 0.425. The van der Waals surface area contributed by atoms with Crippen molar-refractivity contribution in [3.8, 4) is 0 Å². The van der Waals surface area contributed by atoms with E-state index in [0.29, 0.717) is 13.0 Å². The monoisotopic (exact) mass is 266 g/mol. The zero-order valence-corrected chi connectivity index (χ0v) is 11.0. The van der Waals surface area contributed by atoms with E-state index in [-0.39, 0.29) is 18.0 Å². The lowest BCUT2D eigenvalue weighted by Crippen LogP contribution is -2.52. The molecule has 1 atom stereocenters. The number of rotatable bonds is 3. The molecule has 2 aliphatic rings. The third kappa shape index (κ3) is 3.45. The molecule has 2 rings (SSSR count). The highest BCUT2D eigenvalue weighted by Crippen LogP contribution is 2.19. The molecule has 0 aromatic heterocycles. The van der Waals surface area contributed by atoms with Gasteiger partial charge in [0.15, 0.2) is 0 Å². The first-order chi connectivity index (χ1) is 9.22. The summed E-state index contributed by atoms with van der Waals surface area (Å²) in [4.78, 5) is 35.9. The number of urea groups is 1. The van der Waals surface area contributed by atoms with Crippen molar-refractivity contribution in [3.05, 3.63) is 0 Å². The summed E-state index contributed by atoms with van der Waals surface area (Å²) in [6.07, 6.45) is 7.94. The van der Waals surface area contributed by atoms with Crippen LogP contribution in [0.5, 0.6) is 0 Å². The maximum Gasteiger partial charge on any atom is 0.324 e. The largest absolute Gasteiger partial charge is 0.336 e. The Kier molecular flexibility index (Phi) is 4.76. The summed E-state index contributed by atoms with van der Waals surface area (Å²) in [5, 5.41) is 5.29. The number of carbonyl (C=O) groups is 2. The van der Waals surface area contributed by atoms with Gasteiger partial charge in [-0.25, -0.2) is 4.79 Å². The summed E-state index contributed by atoms with van der Waals surface area (Å²) in [5.41, 5.74) is 0. The van der Waals surface area contributed by atoms with Crippen molar-refractivity contribution in [3.63, 3.8) is 0 Å². The van der Waals surface area contributed by atoms with E-state index in [0.717, 1.165) is 38.5 Å². The number of nitrogens with one attached hydrogen (secondary N) is 2. The molecule has 1 heterocycles. The molecule has 0 unspecified atom stereocenters. The van der Waals surface area contributed by atoms with Crippen LogP contribution < -0.4 is 10.6 Å². The molecule has 1 saturated carbocycles. The Hall–Kier alpha value is -1.59. The standard InChI is InChI=1S/C13H20N3O3/c17-9-14-11-7-3-4-8-16(12(11)18)13(19)15-10-5-1-2-6-10/h10-11H,1-8H2,(H,14,17)(H,15,19)/t11-/m0/s1. The maximum atomic E-state index is 12.2. The Bertz CT molecular complexity index is 353. The van der Waals surface area contributed by atoms with Crippen LogP contribution in [0, 0.1) is 0 Å². The third-order valence-electron chi connectivity index (χ3n) is 3.85. The van der Waals surface area contributed by atoms with Gasteiger partial charge in [0.1, 0.15) is 6.04 Å². The minimum absolute atomic E-state index is 0.188. The molecule has 1 radical (unpaired) electrons. The van der Waals surface area contributed by atoms with Crippen molar-refractivity contribution < 1.29 is 14.4 Å². The summed E-state index contributed by atoms with van der Waals surface area (Å²) in [5.74, 6) is -0.323. The van der Waals surface area contributed by atoms with Crippen molar-refractivity contribution in [2.45, 2.75) is 57.0 Å². The lowest BCUT2D eigenvalue weighted by molar-refractivity contribution is -0.129. The first-order valence-corrected chi connectivity index (χ1v) is 6.97. The molecule has 0 spiro atoms. The second-order valence-electron chi connectivity index (χ2n) is 5.22. The number of carbonyl (C=O) groups excluding carboxylic acids is 3. The second kappa shape index (κ2) is 6.54. The molecule has 105 valence electrons. The topological polar surface area (TPSA) is 78.5 Å². The van der Waals surface area contributed by atoms with E-state index < -0.39 is 6.04 Å². The fourth-order valence-corrected chi connectivity index (χ4v) is 2.77. The Labute approximate surface area is 112 Å². The number of likely N-dealkylation sites (tertiary alicyclic amines) is 1. The lowest BCUT2D eigenvalue weighted by Gasteiger charge is -2.24. The van der Waals surface area contributed by atoms with Gasteiger partial charge in [-0.1, -0.05) is 12.8 Å². The molecular formula is C13H20N3O3. The number of nitrogens with zero attached hydrogens (tertiary/aromatic N) is 1. The van der Waals surface area contributed by atoms with E-state index in [9.17, 15) is 14.4 Å². The van der Waals surface area contributed by atoms with Gasteiger partial charge in [-0.15, -0.1) is 0 Å². The molecule has 1 aliphatic heterocycles. The van der Waals surface area contributed by atoms with E-state index in [1.54, 1.807) is 6.41 Å². The van der Waals surface area contributed by atoms with Crippen LogP contribution >= 0.6 is 0 Å². The van der Waals surface area contributed by atoms with Crippen LogP contribution in [0.2, 0.25) is 0 Å². The summed E-state index contributed by atoms with van der Waals surface area (Å²) in [7, 11) is 0. The van der Waals surface area contributed by atoms with Gasteiger partial charge in [0.25, 0.3) is 5.91 Å². The molecule has 6 heteroatoms. The summed E-state index contributed by atoms with van der Waals surface area (Å²) < 4.78 is 0. The van der Waals surface area contributed by atoms with Gasteiger partial charge in [-0.05, 0) is 32.1 Å². The van der Waals surface area contributed by atoms with Crippen LogP contribution in [0.25, 0.3) is 0 Å². The molecule has 1 aliphatic carbocycles. The third-order valence-corrected chi connectivity index (χ3v) is 3.85. The normalized spacial score (nSPS) is 24.9. The van der Waals surface area contributed by atoms with Gasteiger partial charge in [0.2, 0.25) is 0 Å². The van der Waals surface area contributed by atoms with Crippen LogP contribution in [0.15, 0.2) is 0 Å². The lowest BCUT2D eigenvalue weighted by atomic mass is 10.1. The zero-order chi connectivity index (χ0) is 13.7. The molecule has 19 heavy (non-hydrogen) atoms. The van der Waals surface area contributed by atoms with Gasteiger partial charge in [-0.2, -0.15) is 0 Å². The molecule has 0 bridgehead atoms. The van der Waals surface area contributed by atoms with Gasteiger partial charge in [0, 0.05) is 12.6 Å². The van der Waals surface area contributed by atoms with Crippen LogP contribution in [0.4, 0.5) is 4.79 Å². The van der Waals surface area contributed by atoms with E-state index in [2.05, 4.69) is 10.6 Å². The molecule has 6 nitrogen and oxygen atoms in total. The highest BCUT2D eigenvalue weighted by molar-refractivity contribution is 5.98. The number of hydrogen-bond donors (Lipinski definition) is 2. The van der Waals surface area contributed by atoms with Crippen molar-refractivity contribution in [1.82, 2.24) is 15.5 Å². The smallest absolute Gasteiger partial charge is 0.324 e. The summed E-state index contributed by atoms with van der Waals surface area (Å²) >= 11 is 0. The maximum absolute atomic E-state index is 12.2. The molecule has 0 aromatic rings. The minimum atomic E-state index is -0.616. The van der Waals surface area contributed by atoms with Gasteiger partial charge in [0.05, 0.1) is 0 Å². The zero-order valence-electron chi connectivity index (χ0n) is 11.0. The van der Waals surface area contributed by atoms with E-state index in [1.165, 1.54) is 4.90 Å². The highest BCUT2D eigenvalue weighted by atomic mass is 16.2. The van der Waals surface area contributed by atoms with Crippen LogP contribution in [-0.2, 0) is 9.59 Å². The van der Waals surface area contributed by atoms with Crippen molar-refractivity contribution in [2.75, 3.05) is 6.54 Å². The first-order valence-electron chi connectivity index (χ1n) is 6.97. The second-order valence-corrected chi connectivity index (χ2v) is 5.22. The number of hydrogen-bond acceptors (Lipinski definition) is 3. The molecule has 4 amide bonds. The van der Waals surface area contributed by atoms with Crippen molar-refractivity contribution >= 4 is 18.3 Å². The van der Waals surface area contributed by atoms with Crippen LogP contribution in [0.1, 0.15) is 44.9 Å². The Morgan fingerprint density at radius 3 is 2.53 bits per heavy atom. The van der Waals surface area contributed by atoms with Crippen molar-refractivity contribution in [1.29, 1.82) is 0 Å². The molecule has 0 aromatic carbocycles. The van der Waals surface area contributed by atoms with Crippen molar-refractivity contribution in [2.24, 2.45) is 0 Å². The van der Waals surface area contributed by atoms with E-state index >= 15 is 0 Å². The molecule has 1 saturated heterocycles. The molecule has 2 N–H and O–H groups in total. The Morgan fingerprint density at radius 2 is 1.84 bits per heavy atom. The SMILES string of the molecule is O=[C]N[C@H]1CCCCN(C(=O)NC2CCCC2)C1=O. The molecule has 2 fully saturated rings. The fourth-order valence-electron chi connectivity index (χ4n) is 2.77. The van der Waals surface area contributed by atoms with E-state index in [4.69, 9.17) is 0 Å². The van der Waals surface area contributed by atoms with E-state index in [1.807, 2.05) is 0 Å². The highest BCUT2D eigenvalue weighted by Gasteiger charge is 2.32. The quantitative estimate of drug-likeness (QED) is 0.737. The summed E-state index contributed by atoms with van der Waals surface area (Å²) in [6, 6.07) is -0.751. The fraction of sp³-hybridized carbons (Fsp3) is 0.769.